The SMILES string of the molecule is C=C(C)c1c(/C=C/C)cc(F)c(F)c1C#N. The standard InChI is InChI=1S/C13H11F2N/c1-4-5-9-6-11(14)13(15)10(7-16)12(9)8(2)3/h4-6H,2H2,1,3H3/b5-4+. The predicted molar refractivity (Wildman–Crippen MR) is 60.5 cm³/mol. The molecule has 0 bridgehead atoms. The molecule has 0 amide bonds. The number of halogens is 2. The van der Waals surface area contributed by atoms with E-state index in [1.165, 1.54) is 0 Å². The molecule has 0 aliphatic carbocycles. The summed E-state index contributed by atoms with van der Waals surface area (Å²) in [6.45, 7) is 7.09. The van der Waals surface area contributed by atoms with Crippen molar-refractivity contribution in [3.8, 4) is 6.07 Å². The Balaban J connectivity index is 3.71. The number of nitrogens with zero attached hydrogens (tertiary/aromatic N) is 1. The number of hydrogen-bond acceptors (Lipinski definition) is 1. The quantitative estimate of drug-likeness (QED) is 0.739. The maximum atomic E-state index is 13.4. The van der Waals surface area contributed by atoms with Crippen molar-refractivity contribution in [1.82, 2.24) is 0 Å². The summed E-state index contributed by atoms with van der Waals surface area (Å²) in [5, 5.41) is 8.84. The van der Waals surface area contributed by atoms with E-state index in [4.69, 9.17) is 5.26 Å². The molecule has 3 heteroatoms. The molecule has 82 valence electrons. The summed E-state index contributed by atoms with van der Waals surface area (Å²) in [6.07, 6.45) is 3.31. The number of rotatable bonds is 2. The van der Waals surface area contributed by atoms with Gasteiger partial charge in [0, 0.05) is 5.56 Å². The molecular weight excluding hydrogens is 208 g/mol. The molecule has 0 radical (unpaired) electrons. The Kier molecular flexibility index (Phi) is 3.57. The van der Waals surface area contributed by atoms with Gasteiger partial charge in [-0.05, 0) is 31.1 Å². The van der Waals surface area contributed by atoms with E-state index in [9.17, 15) is 8.78 Å². The van der Waals surface area contributed by atoms with Crippen molar-refractivity contribution in [2.24, 2.45) is 0 Å². The predicted octanol–water partition coefficient (Wildman–Crippen LogP) is 3.90. The molecule has 0 N–H and O–H groups in total. The van der Waals surface area contributed by atoms with Gasteiger partial charge in [0.2, 0.25) is 0 Å². The summed E-state index contributed by atoms with van der Waals surface area (Å²) < 4.78 is 26.6. The molecule has 0 aromatic heterocycles. The van der Waals surface area contributed by atoms with Gasteiger partial charge >= 0.3 is 0 Å². The molecule has 0 aliphatic rings. The van der Waals surface area contributed by atoms with Crippen molar-refractivity contribution in [3.05, 3.63) is 47.0 Å². The largest absolute Gasteiger partial charge is 0.204 e. The highest BCUT2D eigenvalue weighted by Gasteiger charge is 2.17. The van der Waals surface area contributed by atoms with Gasteiger partial charge in [-0.2, -0.15) is 5.26 Å². The lowest BCUT2D eigenvalue weighted by molar-refractivity contribution is 0.505. The van der Waals surface area contributed by atoms with Crippen LogP contribution < -0.4 is 0 Å². The molecule has 0 saturated heterocycles. The van der Waals surface area contributed by atoms with Crippen LogP contribution in [-0.2, 0) is 0 Å². The highest BCUT2D eigenvalue weighted by molar-refractivity contribution is 5.76. The average molecular weight is 219 g/mol. The molecule has 0 heterocycles. The van der Waals surface area contributed by atoms with Gasteiger partial charge in [0.05, 0.1) is 5.56 Å². The highest BCUT2D eigenvalue weighted by atomic mass is 19.2. The minimum Gasteiger partial charge on any atom is -0.204 e. The molecular formula is C13H11F2N. The summed E-state index contributed by atoms with van der Waals surface area (Å²) >= 11 is 0. The van der Waals surface area contributed by atoms with Crippen molar-refractivity contribution in [2.75, 3.05) is 0 Å². The van der Waals surface area contributed by atoms with Gasteiger partial charge in [-0.3, -0.25) is 0 Å². The normalized spacial score (nSPS) is 10.4. The fraction of sp³-hybridized carbons (Fsp3) is 0.154. The van der Waals surface area contributed by atoms with Crippen LogP contribution in [0.1, 0.15) is 30.5 Å². The van der Waals surface area contributed by atoms with Crippen molar-refractivity contribution in [3.63, 3.8) is 0 Å². The van der Waals surface area contributed by atoms with Crippen LogP contribution in [0.25, 0.3) is 11.6 Å². The molecule has 1 aromatic carbocycles. The van der Waals surface area contributed by atoms with E-state index in [0.29, 0.717) is 16.7 Å². The summed E-state index contributed by atoms with van der Waals surface area (Å²) in [6, 6.07) is 2.74. The van der Waals surface area contributed by atoms with E-state index in [1.807, 2.05) is 0 Å². The Morgan fingerprint density at radius 1 is 1.50 bits per heavy atom. The van der Waals surface area contributed by atoms with Gasteiger partial charge < -0.3 is 0 Å². The minimum atomic E-state index is -1.12. The zero-order valence-corrected chi connectivity index (χ0v) is 9.14. The van der Waals surface area contributed by atoms with Gasteiger partial charge in [-0.1, -0.05) is 18.7 Å². The lowest BCUT2D eigenvalue weighted by atomic mass is 9.95. The van der Waals surface area contributed by atoms with E-state index in [1.54, 1.807) is 32.1 Å². The van der Waals surface area contributed by atoms with Crippen LogP contribution in [-0.4, -0.2) is 0 Å². The Bertz CT molecular complexity index is 508. The summed E-state index contributed by atoms with van der Waals surface area (Å²) in [5.74, 6) is -2.14. The number of benzene rings is 1. The Hall–Kier alpha value is -1.95. The number of nitriles is 1. The molecule has 0 saturated carbocycles. The van der Waals surface area contributed by atoms with Crippen molar-refractivity contribution in [2.45, 2.75) is 13.8 Å². The first-order valence-electron chi connectivity index (χ1n) is 4.73. The smallest absolute Gasteiger partial charge is 0.177 e. The van der Waals surface area contributed by atoms with Gasteiger partial charge in [0.25, 0.3) is 0 Å². The third kappa shape index (κ3) is 2.01. The first-order valence-corrected chi connectivity index (χ1v) is 4.73. The third-order valence-corrected chi connectivity index (χ3v) is 2.13. The van der Waals surface area contributed by atoms with E-state index in [0.717, 1.165) is 6.07 Å². The van der Waals surface area contributed by atoms with Crippen LogP contribution in [0.2, 0.25) is 0 Å². The molecule has 0 fully saturated rings. The van der Waals surface area contributed by atoms with Crippen molar-refractivity contribution >= 4 is 11.6 Å². The second-order valence-electron chi connectivity index (χ2n) is 3.40. The number of allylic oxidation sites excluding steroid dienone is 2. The molecule has 0 aliphatic heterocycles. The lowest BCUT2D eigenvalue weighted by Crippen LogP contribution is -1.99. The van der Waals surface area contributed by atoms with E-state index in [-0.39, 0.29) is 5.56 Å². The first kappa shape index (κ1) is 12.1. The average Bonchev–Trinajstić information content (AvgIpc) is 2.22. The van der Waals surface area contributed by atoms with Crippen LogP contribution in [0.5, 0.6) is 0 Å². The zero-order chi connectivity index (χ0) is 12.3. The van der Waals surface area contributed by atoms with E-state index >= 15 is 0 Å². The van der Waals surface area contributed by atoms with Gasteiger partial charge in [-0.25, -0.2) is 8.78 Å². The molecule has 0 spiro atoms. The second-order valence-corrected chi connectivity index (χ2v) is 3.40. The fourth-order valence-corrected chi connectivity index (χ4v) is 1.52. The summed E-state index contributed by atoms with van der Waals surface area (Å²) in [7, 11) is 0. The maximum absolute atomic E-state index is 13.4. The number of hydrogen-bond donors (Lipinski definition) is 0. The zero-order valence-electron chi connectivity index (χ0n) is 9.14. The van der Waals surface area contributed by atoms with Crippen molar-refractivity contribution < 1.29 is 8.78 Å². The Morgan fingerprint density at radius 3 is 2.56 bits per heavy atom. The fourth-order valence-electron chi connectivity index (χ4n) is 1.52. The highest BCUT2D eigenvalue weighted by Crippen LogP contribution is 2.27. The second kappa shape index (κ2) is 4.71. The molecule has 1 aromatic rings. The lowest BCUT2D eigenvalue weighted by Gasteiger charge is -2.09. The van der Waals surface area contributed by atoms with Gasteiger partial charge in [0.1, 0.15) is 6.07 Å². The Labute approximate surface area is 93.3 Å². The monoisotopic (exact) mass is 219 g/mol. The molecule has 16 heavy (non-hydrogen) atoms. The topological polar surface area (TPSA) is 23.8 Å². The van der Waals surface area contributed by atoms with Gasteiger partial charge in [-0.15, -0.1) is 0 Å². The molecule has 0 atom stereocenters. The van der Waals surface area contributed by atoms with E-state index in [2.05, 4.69) is 6.58 Å². The minimum absolute atomic E-state index is 0.291. The first-order chi connectivity index (χ1) is 7.52. The third-order valence-electron chi connectivity index (χ3n) is 2.13. The molecule has 1 nitrogen and oxygen atoms in total. The van der Waals surface area contributed by atoms with E-state index < -0.39 is 11.6 Å². The summed E-state index contributed by atoms with van der Waals surface area (Å²) in [4.78, 5) is 0. The van der Waals surface area contributed by atoms with Crippen molar-refractivity contribution in [1.29, 1.82) is 5.26 Å². The Morgan fingerprint density at radius 2 is 2.12 bits per heavy atom. The van der Waals surface area contributed by atoms with Gasteiger partial charge in [0.15, 0.2) is 11.6 Å². The van der Waals surface area contributed by atoms with Crippen LogP contribution in [0, 0.1) is 23.0 Å². The molecule has 1 rings (SSSR count). The maximum Gasteiger partial charge on any atom is 0.177 e. The molecule has 0 unspecified atom stereocenters. The van der Waals surface area contributed by atoms with Crippen LogP contribution >= 0.6 is 0 Å². The van der Waals surface area contributed by atoms with Crippen LogP contribution in [0.15, 0.2) is 18.7 Å². The van der Waals surface area contributed by atoms with Crippen LogP contribution in [0.4, 0.5) is 8.78 Å². The summed E-state index contributed by atoms with van der Waals surface area (Å²) in [5.41, 5.74) is 1.06. The van der Waals surface area contributed by atoms with Crippen LogP contribution in [0.3, 0.4) is 0 Å².